The van der Waals surface area contributed by atoms with Crippen LogP contribution < -0.4 is 5.73 Å². The minimum Gasteiger partial charge on any atom is -0.399 e. The Bertz CT molecular complexity index is 559. The van der Waals surface area contributed by atoms with E-state index in [1.165, 1.54) is 25.7 Å². The summed E-state index contributed by atoms with van der Waals surface area (Å²) in [6, 6.07) is 7.81. The summed E-state index contributed by atoms with van der Waals surface area (Å²) in [5, 5.41) is 0. The van der Waals surface area contributed by atoms with Crippen LogP contribution in [0.25, 0.3) is 0 Å². The third kappa shape index (κ3) is 5.21. The van der Waals surface area contributed by atoms with Gasteiger partial charge in [0.05, 0.1) is 12.2 Å². The first kappa shape index (κ1) is 18.2. The van der Waals surface area contributed by atoms with E-state index in [9.17, 15) is 4.79 Å². The molecule has 1 aromatic carbocycles. The summed E-state index contributed by atoms with van der Waals surface area (Å²) in [7, 11) is 0. The van der Waals surface area contributed by atoms with Crippen LogP contribution in [-0.4, -0.2) is 36.1 Å². The van der Waals surface area contributed by atoms with Crippen molar-refractivity contribution in [1.82, 2.24) is 4.90 Å². The van der Waals surface area contributed by atoms with Crippen LogP contribution in [0.5, 0.6) is 0 Å². The molecule has 4 nitrogen and oxygen atoms in total. The maximum atomic E-state index is 12.5. The van der Waals surface area contributed by atoms with Crippen molar-refractivity contribution in [3.05, 3.63) is 29.8 Å². The zero-order chi connectivity index (χ0) is 17.6. The molecule has 1 saturated heterocycles. The minimum atomic E-state index is 0.244. The SMILES string of the molecule is CC1CCC(OC2CCN(C(=O)CCc3ccccc3N)CC2)CC1. The predicted molar refractivity (Wildman–Crippen MR) is 101 cm³/mol. The topological polar surface area (TPSA) is 55.6 Å². The van der Waals surface area contributed by atoms with Crippen molar-refractivity contribution in [3.63, 3.8) is 0 Å². The molecule has 1 aliphatic heterocycles. The lowest BCUT2D eigenvalue weighted by Crippen LogP contribution is -2.42. The first-order valence-electron chi connectivity index (χ1n) is 9.88. The smallest absolute Gasteiger partial charge is 0.222 e. The van der Waals surface area contributed by atoms with Crippen LogP contribution in [0.1, 0.15) is 57.4 Å². The molecule has 2 N–H and O–H groups in total. The molecule has 0 aromatic heterocycles. The van der Waals surface area contributed by atoms with E-state index in [1.54, 1.807) is 0 Å². The maximum absolute atomic E-state index is 12.5. The Balaban J connectivity index is 1.38. The first-order valence-corrected chi connectivity index (χ1v) is 9.88. The highest BCUT2D eigenvalue weighted by Gasteiger charge is 2.27. The number of amides is 1. The number of anilines is 1. The van der Waals surface area contributed by atoms with Gasteiger partial charge in [-0.3, -0.25) is 4.79 Å². The molecule has 1 aromatic rings. The fraction of sp³-hybridized carbons (Fsp3) is 0.667. The summed E-state index contributed by atoms with van der Waals surface area (Å²) in [4.78, 5) is 14.5. The number of benzene rings is 1. The normalized spacial score (nSPS) is 25.1. The maximum Gasteiger partial charge on any atom is 0.222 e. The van der Waals surface area contributed by atoms with Crippen molar-refractivity contribution in [2.24, 2.45) is 5.92 Å². The van der Waals surface area contributed by atoms with E-state index in [-0.39, 0.29) is 5.91 Å². The average Bonchev–Trinajstić information content (AvgIpc) is 2.63. The van der Waals surface area contributed by atoms with Crippen molar-refractivity contribution in [1.29, 1.82) is 0 Å². The molecule has 4 heteroatoms. The van der Waals surface area contributed by atoms with Crippen LogP contribution in [-0.2, 0) is 16.0 Å². The highest BCUT2D eigenvalue weighted by molar-refractivity contribution is 5.76. The van der Waals surface area contributed by atoms with Gasteiger partial charge in [0.15, 0.2) is 0 Å². The Morgan fingerprint density at radius 2 is 1.72 bits per heavy atom. The van der Waals surface area contributed by atoms with Gasteiger partial charge in [0.2, 0.25) is 5.91 Å². The number of nitrogen functional groups attached to an aromatic ring is 1. The molecule has 0 atom stereocenters. The number of nitrogens with two attached hydrogens (primary N) is 1. The Morgan fingerprint density at radius 3 is 2.40 bits per heavy atom. The number of hydrogen-bond donors (Lipinski definition) is 1. The Labute approximate surface area is 151 Å². The van der Waals surface area contributed by atoms with E-state index in [2.05, 4.69) is 6.92 Å². The van der Waals surface area contributed by atoms with Gasteiger partial charge in [0, 0.05) is 25.2 Å². The van der Waals surface area contributed by atoms with E-state index in [4.69, 9.17) is 10.5 Å². The van der Waals surface area contributed by atoms with Gasteiger partial charge in [-0.15, -0.1) is 0 Å². The van der Waals surface area contributed by atoms with E-state index in [0.29, 0.717) is 18.6 Å². The summed E-state index contributed by atoms with van der Waals surface area (Å²) in [5.41, 5.74) is 7.81. The Morgan fingerprint density at radius 1 is 1.08 bits per heavy atom. The zero-order valence-electron chi connectivity index (χ0n) is 15.5. The van der Waals surface area contributed by atoms with Crippen molar-refractivity contribution in [2.45, 2.75) is 70.5 Å². The number of piperidine rings is 1. The second-order valence-corrected chi connectivity index (χ2v) is 7.80. The van der Waals surface area contributed by atoms with Crippen LogP contribution in [0.2, 0.25) is 0 Å². The molecule has 2 aliphatic rings. The fourth-order valence-corrected chi connectivity index (χ4v) is 4.04. The lowest BCUT2D eigenvalue weighted by Gasteiger charge is -2.35. The number of ether oxygens (including phenoxy) is 1. The number of nitrogens with zero attached hydrogens (tertiary/aromatic N) is 1. The van der Waals surface area contributed by atoms with Crippen LogP contribution in [0.4, 0.5) is 5.69 Å². The van der Waals surface area contributed by atoms with Gasteiger partial charge in [-0.25, -0.2) is 0 Å². The molecule has 138 valence electrons. The van der Waals surface area contributed by atoms with Crippen molar-refractivity contribution in [3.8, 4) is 0 Å². The van der Waals surface area contributed by atoms with Crippen LogP contribution in [0, 0.1) is 5.92 Å². The number of para-hydroxylation sites is 1. The van der Waals surface area contributed by atoms with Gasteiger partial charge in [-0.05, 0) is 62.5 Å². The van der Waals surface area contributed by atoms with E-state index in [1.807, 2.05) is 29.2 Å². The van der Waals surface area contributed by atoms with Gasteiger partial charge in [0.25, 0.3) is 0 Å². The Hall–Kier alpha value is -1.55. The number of carbonyl (C=O) groups is 1. The highest BCUT2D eigenvalue weighted by atomic mass is 16.5. The number of hydrogen-bond acceptors (Lipinski definition) is 3. The van der Waals surface area contributed by atoms with Crippen molar-refractivity contribution in [2.75, 3.05) is 18.8 Å². The summed E-state index contributed by atoms with van der Waals surface area (Å²) in [5.74, 6) is 1.10. The third-order valence-electron chi connectivity index (χ3n) is 5.81. The molecule has 2 fully saturated rings. The molecule has 0 radical (unpaired) electrons. The molecule has 1 saturated carbocycles. The van der Waals surface area contributed by atoms with E-state index >= 15 is 0 Å². The second kappa shape index (κ2) is 8.70. The molecule has 0 spiro atoms. The molecule has 1 amide bonds. The molecule has 0 bridgehead atoms. The summed E-state index contributed by atoms with van der Waals surface area (Å²) in [6.45, 7) is 4.00. The quantitative estimate of drug-likeness (QED) is 0.827. The summed E-state index contributed by atoms with van der Waals surface area (Å²) >= 11 is 0. The summed E-state index contributed by atoms with van der Waals surface area (Å²) in [6.07, 6.45) is 9.02. The first-order chi connectivity index (χ1) is 12.1. The summed E-state index contributed by atoms with van der Waals surface area (Å²) < 4.78 is 6.30. The van der Waals surface area contributed by atoms with Gasteiger partial charge in [-0.2, -0.15) is 0 Å². The fourth-order valence-electron chi connectivity index (χ4n) is 4.04. The van der Waals surface area contributed by atoms with Gasteiger partial charge < -0.3 is 15.4 Å². The average molecular weight is 344 g/mol. The van der Waals surface area contributed by atoms with E-state index in [0.717, 1.165) is 49.5 Å². The van der Waals surface area contributed by atoms with E-state index < -0.39 is 0 Å². The van der Waals surface area contributed by atoms with Gasteiger partial charge >= 0.3 is 0 Å². The number of rotatable bonds is 5. The Kier molecular flexibility index (Phi) is 6.35. The minimum absolute atomic E-state index is 0.244. The molecule has 3 rings (SSSR count). The predicted octanol–water partition coefficient (Wildman–Crippen LogP) is 3.79. The molecular weight excluding hydrogens is 312 g/mol. The number of likely N-dealkylation sites (tertiary alicyclic amines) is 1. The molecule has 0 unspecified atom stereocenters. The lowest BCUT2D eigenvalue weighted by atomic mass is 9.88. The molecular formula is C21H32N2O2. The molecule has 1 heterocycles. The van der Waals surface area contributed by atoms with Gasteiger partial charge in [0.1, 0.15) is 0 Å². The highest BCUT2D eigenvalue weighted by Crippen LogP contribution is 2.28. The molecule has 25 heavy (non-hydrogen) atoms. The standard InChI is InChI=1S/C21H32N2O2/c1-16-6-9-18(10-7-16)25-19-12-14-23(15-13-19)21(24)11-8-17-4-2-3-5-20(17)22/h2-5,16,18-19H,6-15,22H2,1H3. The van der Waals surface area contributed by atoms with Gasteiger partial charge in [-0.1, -0.05) is 25.1 Å². The van der Waals surface area contributed by atoms with Crippen molar-refractivity contribution < 1.29 is 9.53 Å². The molecule has 1 aliphatic carbocycles. The van der Waals surface area contributed by atoms with Crippen LogP contribution in [0.15, 0.2) is 24.3 Å². The van der Waals surface area contributed by atoms with Crippen molar-refractivity contribution >= 4 is 11.6 Å². The zero-order valence-corrected chi connectivity index (χ0v) is 15.5. The van der Waals surface area contributed by atoms with Crippen LogP contribution >= 0.6 is 0 Å². The number of aryl methyl sites for hydroxylation is 1. The van der Waals surface area contributed by atoms with Crippen LogP contribution in [0.3, 0.4) is 0 Å². The third-order valence-corrected chi connectivity index (χ3v) is 5.81. The monoisotopic (exact) mass is 344 g/mol. The lowest BCUT2D eigenvalue weighted by molar-refractivity contribution is -0.135. The number of carbonyl (C=O) groups excluding carboxylic acids is 1. The second-order valence-electron chi connectivity index (χ2n) is 7.80. The largest absolute Gasteiger partial charge is 0.399 e.